The fourth-order valence-electron chi connectivity index (χ4n) is 3.14. The van der Waals surface area contributed by atoms with E-state index in [9.17, 15) is 0 Å². The van der Waals surface area contributed by atoms with E-state index in [-0.39, 0.29) is 0 Å². The number of imidazole rings is 1. The van der Waals surface area contributed by atoms with Gasteiger partial charge >= 0.3 is 0 Å². The van der Waals surface area contributed by atoms with Gasteiger partial charge in [-0.3, -0.25) is 14.9 Å². The smallest absolute Gasteiger partial charge is 0.157 e. The number of hydrogen-bond donors (Lipinski definition) is 1. The number of nitrogens with one attached hydrogen (secondary N) is 1. The van der Waals surface area contributed by atoms with Gasteiger partial charge in [-0.1, -0.05) is 6.07 Å². The Hall–Kier alpha value is -2.60. The molecule has 0 spiro atoms. The number of likely N-dealkylation sites (tertiary alicyclic amines) is 1. The van der Waals surface area contributed by atoms with Crippen molar-refractivity contribution in [2.75, 3.05) is 6.54 Å². The molecule has 1 N–H and O–H groups in total. The number of rotatable bonds is 4. The molecule has 1 aliphatic heterocycles. The quantitative estimate of drug-likeness (QED) is 0.802. The van der Waals surface area contributed by atoms with Crippen molar-refractivity contribution in [3.63, 3.8) is 0 Å². The molecule has 6 heteroatoms. The topological polar surface area (TPSA) is 70.6 Å². The van der Waals surface area contributed by atoms with Gasteiger partial charge in [0.2, 0.25) is 0 Å². The van der Waals surface area contributed by atoms with Crippen molar-refractivity contribution in [3.05, 3.63) is 60.6 Å². The number of aromatic amines is 1. The number of hydrogen-bond acceptors (Lipinski definition) is 5. The Kier molecular flexibility index (Phi) is 3.81. The number of H-pyrrole nitrogens is 1. The van der Waals surface area contributed by atoms with Gasteiger partial charge in [0.15, 0.2) is 5.82 Å². The first-order valence-electron chi connectivity index (χ1n) is 7.85. The molecule has 3 aromatic rings. The van der Waals surface area contributed by atoms with E-state index < -0.39 is 0 Å². The molecule has 23 heavy (non-hydrogen) atoms. The molecule has 0 aromatic carbocycles. The van der Waals surface area contributed by atoms with E-state index in [1.165, 1.54) is 12.0 Å². The van der Waals surface area contributed by atoms with E-state index in [0.29, 0.717) is 6.04 Å². The van der Waals surface area contributed by atoms with Gasteiger partial charge in [-0.2, -0.15) is 0 Å². The fraction of sp³-hybridized carbons (Fsp3) is 0.294. The molecule has 0 radical (unpaired) electrons. The van der Waals surface area contributed by atoms with Crippen molar-refractivity contribution in [3.8, 4) is 11.5 Å². The Morgan fingerprint density at radius 3 is 3.00 bits per heavy atom. The second-order valence-corrected chi connectivity index (χ2v) is 5.76. The molecule has 4 rings (SSSR count). The molecule has 116 valence electrons. The summed E-state index contributed by atoms with van der Waals surface area (Å²) >= 11 is 0. The number of pyridine rings is 1. The molecule has 3 aromatic heterocycles. The van der Waals surface area contributed by atoms with Crippen molar-refractivity contribution in [2.45, 2.75) is 25.4 Å². The Balaban J connectivity index is 1.58. The highest BCUT2D eigenvalue weighted by molar-refractivity contribution is 5.47. The second kappa shape index (κ2) is 6.26. The van der Waals surface area contributed by atoms with Gasteiger partial charge in [-0.15, -0.1) is 0 Å². The van der Waals surface area contributed by atoms with Crippen LogP contribution in [-0.2, 0) is 6.54 Å². The van der Waals surface area contributed by atoms with Crippen LogP contribution in [0.4, 0.5) is 0 Å². The molecule has 4 heterocycles. The lowest BCUT2D eigenvalue weighted by atomic mass is 10.1. The van der Waals surface area contributed by atoms with Gasteiger partial charge in [0.1, 0.15) is 5.69 Å². The van der Waals surface area contributed by atoms with Gasteiger partial charge in [0.05, 0.1) is 24.1 Å². The minimum Gasteiger partial charge on any atom is -0.343 e. The van der Waals surface area contributed by atoms with Crippen LogP contribution in [0.15, 0.2) is 49.3 Å². The number of nitrogens with zero attached hydrogens (tertiary/aromatic N) is 5. The van der Waals surface area contributed by atoms with Crippen molar-refractivity contribution >= 4 is 0 Å². The largest absolute Gasteiger partial charge is 0.343 e. The predicted octanol–water partition coefficient (Wildman–Crippen LogP) is 2.60. The predicted molar refractivity (Wildman–Crippen MR) is 86.2 cm³/mol. The summed E-state index contributed by atoms with van der Waals surface area (Å²) in [6.45, 7) is 1.97. The third-order valence-corrected chi connectivity index (χ3v) is 4.21. The molecule has 1 saturated heterocycles. The minimum absolute atomic E-state index is 0.303. The van der Waals surface area contributed by atoms with Gasteiger partial charge in [0.25, 0.3) is 0 Å². The summed E-state index contributed by atoms with van der Waals surface area (Å²) in [6.07, 6.45) is 13.2. The average Bonchev–Trinajstić information content (AvgIpc) is 3.28. The van der Waals surface area contributed by atoms with Gasteiger partial charge in [-0.05, 0) is 31.0 Å². The molecule has 1 aliphatic rings. The standard InChI is InChI=1S/C17H18N6/c1-3-13(9-18-5-1)12-23-8-2-4-16(23)14-10-19-11-15(22-14)17-20-6-7-21-17/h1,3,5-7,9-11,16H,2,4,8,12H2,(H,20,21). The summed E-state index contributed by atoms with van der Waals surface area (Å²) in [7, 11) is 0. The van der Waals surface area contributed by atoms with Crippen molar-refractivity contribution < 1.29 is 0 Å². The first-order chi connectivity index (χ1) is 11.4. The van der Waals surface area contributed by atoms with Crippen molar-refractivity contribution in [2.24, 2.45) is 0 Å². The molecule has 0 amide bonds. The Bertz CT molecular complexity index is 756. The zero-order chi connectivity index (χ0) is 15.5. The molecule has 1 atom stereocenters. The van der Waals surface area contributed by atoms with E-state index in [0.717, 1.165) is 36.7 Å². The summed E-state index contributed by atoms with van der Waals surface area (Å²) in [6, 6.07) is 4.41. The highest BCUT2D eigenvalue weighted by Gasteiger charge is 2.27. The minimum atomic E-state index is 0.303. The van der Waals surface area contributed by atoms with E-state index >= 15 is 0 Å². The summed E-state index contributed by atoms with van der Waals surface area (Å²) in [5, 5.41) is 0. The van der Waals surface area contributed by atoms with Crippen molar-refractivity contribution in [1.29, 1.82) is 0 Å². The van der Waals surface area contributed by atoms with Gasteiger partial charge < -0.3 is 4.98 Å². The number of aromatic nitrogens is 5. The monoisotopic (exact) mass is 306 g/mol. The van der Waals surface area contributed by atoms with Crippen LogP contribution in [0.25, 0.3) is 11.5 Å². The molecule has 1 fully saturated rings. The maximum absolute atomic E-state index is 4.78. The first-order valence-corrected chi connectivity index (χ1v) is 7.85. The van der Waals surface area contributed by atoms with Crippen LogP contribution in [0.5, 0.6) is 0 Å². The van der Waals surface area contributed by atoms with E-state index in [1.807, 2.05) is 24.7 Å². The summed E-state index contributed by atoms with van der Waals surface area (Å²) in [4.78, 5) is 23.1. The van der Waals surface area contributed by atoms with Crippen LogP contribution >= 0.6 is 0 Å². The van der Waals surface area contributed by atoms with Crippen LogP contribution in [0, 0.1) is 0 Å². The zero-order valence-corrected chi connectivity index (χ0v) is 12.8. The van der Waals surface area contributed by atoms with E-state index in [1.54, 1.807) is 18.6 Å². The summed E-state index contributed by atoms with van der Waals surface area (Å²) in [5.74, 6) is 0.760. The molecular formula is C17H18N6. The van der Waals surface area contributed by atoms with Crippen LogP contribution < -0.4 is 0 Å². The second-order valence-electron chi connectivity index (χ2n) is 5.76. The lowest BCUT2D eigenvalue weighted by Gasteiger charge is -2.23. The molecule has 0 aliphatic carbocycles. The molecule has 6 nitrogen and oxygen atoms in total. The summed E-state index contributed by atoms with van der Waals surface area (Å²) in [5.41, 5.74) is 3.04. The van der Waals surface area contributed by atoms with Crippen LogP contribution in [0.1, 0.15) is 30.1 Å². The van der Waals surface area contributed by atoms with Crippen LogP contribution in [-0.4, -0.2) is 36.4 Å². The van der Waals surface area contributed by atoms with E-state index in [2.05, 4.69) is 30.9 Å². The van der Waals surface area contributed by atoms with Gasteiger partial charge in [0, 0.05) is 31.3 Å². The molecular weight excluding hydrogens is 288 g/mol. The third-order valence-electron chi connectivity index (χ3n) is 4.21. The normalized spacial score (nSPS) is 18.3. The van der Waals surface area contributed by atoms with Crippen LogP contribution in [0.3, 0.4) is 0 Å². The average molecular weight is 306 g/mol. The maximum Gasteiger partial charge on any atom is 0.157 e. The lowest BCUT2D eigenvalue weighted by molar-refractivity contribution is 0.244. The molecule has 0 bridgehead atoms. The Morgan fingerprint density at radius 1 is 1.17 bits per heavy atom. The SMILES string of the molecule is c1cncc(CN2CCCC2c2cncc(-c3ncc[nH]3)n2)c1. The maximum atomic E-state index is 4.78. The first kappa shape index (κ1) is 14.0. The highest BCUT2D eigenvalue weighted by atomic mass is 15.2. The lowest BCUT2D eigenvalue weighted by Crippen LogP contribution is -2.23. The third kappa shape index (κ3) is 2.98. The Morgan fingerprint density at radius 2 is 2.17 bits per heavy atom. The summed E-state index contributed by atoms with van der Waals surface area (Å²) < 4.78 is 0. The zero-order valence-electron chi connectivity index (χ0n) is 12.8. The fourth-order valence-corrected chi connectivity index (χ4v) is 3.14. The highest BCUT2D eigenvalue weighted by Crippen LogP contribution is 2.32. The molecule has 1 unspecified atom stereocenters. The molecule has 0 saturated carbocycles. The van der Waals surface area contributed by atoms with Gasteiger partial charge in [-0.25, -0.2) is 9.97 Å². The van der Waals surface area contributed by atoms with E-state index in [4.69, 9.17) is 4.98 Å². The van der Waals surface area contributed by atoms with Crippen LogP contribution in [0.2, 0.25) is 0 Å². The Labute approximate surface area is 134 Å². The van der Waals surface area contributed by atoms with Crippen molar-refractivity contribution in [1.82, 2.24) is 29.8 Å².